The van der Waals surface area contributed by atoms with Crippen molar-refractivity contribution in [2.75, 3.05) is 7.05 Å². The predicted molar refractivity (Wildman–Crippen MR) is 64.1 cm³/mol. The first-order valence-electron chi connectivity index (χ1n) is 5.55. The van der Waals surface area contributed by atoms with Gasteiger partial charge in [-0.1, -0.05) is 0 Å². The largest absolute Gasteiger partial charge is 0.354 e. The fourth-order valence-corrected chi connectivity index (χ4v) is 1.83. The number of aromatic nitrogens is 3. The van der Waals surface area contributed by atoms with Crippen LogP contribution in [0, 0.1) is 0 Å². The van der Waals surface area contributed by atoms with Gasteiger partial charge in [-0.15, -0.1) is 0 Å². The van der Waals surface area contributed by atoms with Crippen molar-refractivity contribution in [3.05, 3.63) is 42.0 Å². The molecule has 0 fully saturated rings. The Morgan fingerprint density at radius 2 is 2.25 bits per heavy atom. The van der Waals surface area contributed by atoms with E-state index in [1.807, 2.05) is 25.0 Å². The van der Waals surface area contributed by atoms with E-state index in [1.54, 1.807) is 0 Å². The highest BCUT2D eigenvalue weighted by molar-refractivity contribution is 5.10. The minimum atomic E-state index is 0.929. The number of aryl methyl sites for hydroxylation is 3. The van der Waals surface area contributed by atoms with Gasteiger partial charge in [0.1, 0.15) is 0 Å². The van der Waals surface area contributed by atoms with E-state index in [2.05, 4.69) is 39.5 Å². The molecule has 0 bridgehead atoms. The Morgan fingerprint density at radius 1 is 1.38 bits per heavy atom. The molecule has 2 aromatic heterocycles. The van der Waals surface area contributed by atoms with E-state index < -0.39 is 0 Å². The lowest BCUT2D eigenvalue weighted by Crippen LogP contribution is -2.05. The first-order chi connectivity index (χ1) is 7.79. The van der Waals surface area contributed by atoms with Crippen molar-refractivity contribution >= 4 is 0 Å². The van der Waals surface area contributed by atoms with Crippen LogP contribution in [0.1, 0.15) is 11.3 Å². The summed E-state index contributed by atoms with van der Waals surface area (Å²) in [4.78, 5) is 0. The van der Waals surface area contributed by atoms with Crippen LogP contribution in [-0.2, 0) is 26.6 Å². The molecule has 86 valence electrons. The first-order valence-corrected chi connectivity index (χ1v) is 5.55. The third kappa shape index (κ3) is 2.52. The van der Waals surface area contributed by atoms with E-state index in [-0.39, 0.29) is 0 Å². The average Bonchev–Trinajstić information content (AvgIpc) is 2.86. The van der Waals surface area contributed by atoms with Gasteiger partial charge in [0, 0.05) is 50.8 Å². The fourth-order valence-electron chi connectivity index (χ4n) is 1.83. The summed E-state index contributed by atoms with van der Waals surface area (Å²) in [6, 6.07) is 4.22. The van der Waals surface area contributed by atoms with Crippen LogP contribution in [-0.4, -0.2) is 21.4 Å². The predicted octanol–water partition coefficient (Wildman–Crippen LogP) is 1.18. The van der Waals surface area contributed by atoms with Gasteiger partial charge in [0.2, 0.25) is 0 Å². The Kier molecular flexibility index (Phi) is 3.41. The van der Waals surface area contributed by atoms with Crippen LogP contribution >= 0.6 is 0 Å². The molecule has 0 unspecified atom stereocenters. The van der Waals surface area contributed by atoms with E-state index in [9.17, 15) is 0 Å². The van der Waals surface area contributed by atoms with Crippen LogP contribution in [0.5, 0.6) is 0 Å². The normalized spacial score (nSPS) is 10.9. The molecule has 4 heteroatoms. The molecular formula is C12H18N4. The molecular weight excluding hydrogens is 200 g/mol. The SMILES string of the molecule is CNCc1ccn(CCc2ccnn2C)c1. The molecule has 4 nitrogen and oxygen atoms in total. The molecule has 16 heavy (non-hydrogen) atoms. The Morgan fingerprint density at radius 3 is 2.94 bits per heavy atom. The lowest BCUT2D eigenvalue weighted by Gasteiger charge is -2.03. The van der Waals surface area contributed by atoms with Gasteiger partial charge in [-0.05, 0) is 24.7 Å². The lowest BCUT2D eigenvalue weighted by atomic mass is 10.3. The number of rotatable bonds is 5. The maximum atomic E-state index is 4.16. The summed E-state index contributed by atoms with van der Waals surface area (Å²) in [6.07, 6.45) is 7.18. The van der Waals surface area contributed by atoms with Crippen LogP contribution in [0.2, 0.25) is 0 Å². The van der Waals surface area contributed by atoms with E-state index >= 15 is 0 Å². The van der Waals surface area contributed by atoms with Gasteiger partial charge < -0.3 is 9.88 Å². The van der Waals surface area contributed by atoms with Gasteiger partial charge in [-0.25, -0.2) is 0 Å². The van der Waals surface area contributed by atoms with Gasteiger partial charge in [-0.3, -0.25) is 4.68 Å². The Hall–Kier alpha value is -1.55. The quantitative estimate of drug-likeness (QED) is 0.818. The third-order valence-electron chi connectivity index (χ3n) is 2.74. The summed E-state index contributed by atoms with van der Waals surface area (Å²) in [7, 11) is 3.95. The summed E-state index contributed by atoms with van der Waals surface area (Å²) in [6.45, 7) is 1.93. The van der Waals surface area contributed by atoms with E-state index in [4.69, 9.17) is 0 Å². The third-order valence-corrected chi connectivity index (χ3v) is 2.74. The number of hydrogen-bond donors (Lipinski definition) is 1. The van der Waals surface area contributed by atoms with Gasteiger partial charge in [0.05, 0.1) is 0 Å². The van der Waals surface area contributed by atoms with Gasteiger partial charge >= 0.3 is 0 Å². The molecule has 0 aromatic carbocycles. The number of hydrogen-bond acceptors (Lipinski definition) is 2. The van der Waals surface area contributed by atoms with Crippen LogP contribution in [0.4, 0.5) is 0 Å². The molecule has 0 aliphatic carbocycles. The standard InChI is InChI=1S/C12H18N4/c1-13-9-11-4-7-16(10-11)8-5-12-3-6-14-15(12)2/h3-4,6-7,10,13H,5,8-9H2,1-2H3. The second-order valence-corrected chi connectivity index (χ2v) is 3.98. The van der Waals surface area contributed by atoms with Crippen LogP contribution < -0.4 is 5.32 Å². The minimum absolute atomic E-state index is 0.929. The molecule has 0 aliphatic rings. The lowest BCUT2D eigenvalue weighted by molar-refractivity contribution is 0.637. The van der Waals surface area contributed by atoms with Crippen molar-refractivity contribution in [1.82, 2.24) is 19.7 Å². The molecule has 0 radical (unpaired) electrons. The highest BCUT2D eigenvalue weighted by atomic mass is 15.3. The monoisotopic (exact) mass is 218 g/mol. The van der Waals surface area contributed by atoms with Crippen LogP contribution in [0.3, 0.4) is 0 Å². The van der Waals surface area contributed by atoms with Crippen molar-refractivity contribution in [3.63, 3.8) is 0 Å². The molecule has 2 rings (SSSR count). The summed E-state index contributed by atoms with van der Waals surface area (Å²) >= 11 is 0. The smallest absolute Gasteiger partial charge is 0.0492 e. The van der Waals surface area contributed by atoms with Gasteiger partial charge in [0.15, 0.2) is 0 Å². The van der Waals surface area contributed by atoms with Crippen molar-refractivity contribution in [3.8, 4) is 0 Å². The second kappa shape index (κ2) is 4.99. The average molecular weight is 218 g/mol. The van der Waals surface area contributed by atoms with Crippen molar-refractivity contribution in [1.29, 1.82) is 0 Å². The minimum Gasteiger partial charge on any atom is -0.354 e. The van der Waals surface area contributed by atoms with Crippen LogP contribution in [0.15, 0.2) is 30.7 Å². The molecule has 0 saturated carbocycles. The zero-order chi connectivity index (χ0) is 11.4. The maximum Gasteiger partial charge on any atom is 0.0492 e. The summed E-state index contributed by atoms with van der Waals surface area (Å²) in [5, 5.41) is 7.31. The molecule has 0 spiro atoms. The maximum absolute atomic E-state index is 4.16. The summed E-state index contributed by atoms with van der Waals surface area (Å²) in [5.41, 5.74) is 2.59. The summed E-state index contributed by atoms with van der Waals surface area (Å²) in [5.74, 6) is 0. The van der Waals surface area contributed by atoms with E-state index in [0.717, 1.165) is 19.5 Å². The zero-order valence-corrected chi connectivity index (χ0v) is 9.85. The van der Waals surface area contributed by atoms with E-state index in [1.165, 1.54) is 11.3 Å². The molecule has 2 aromatic rings. The van der Waals surface area contributed by atoms with E-state index in [0.29, 0.717) is 0 Å². The Balaban J connectivity index is 1.92. The van der Waals surface area contributed by atoms with Gasteiger partial charge in [0.25, 0.3) is 0 Å². The first kappa shape index (κ1) is 11.0. The van der Waals surface area contributed by atoms with Gasteiger partial charge in [-0.2, -0.15) is 5.10 Å². The number of nitrogens with zero attached hydrogens (tertiary/aromatic N) is 3. The molecule has 1 N–H and O–H groups in total. The van der Waals surface area contributed by atoms with Crippen molar-refractivity contribution in [2.24, 2.45) is 7.05 Å². The molecule has 0 amide bonds. The van der Waals surface area contributed by atoms with Crippen molar-refractivity contribution < 1.29 is 0 Å². The zero-order valence-electron chi connectivity index (χ0n) is 9.85. The Bertz CT molecular complexity index is 441. The molecule has 0 atom stereocenters. The second-order valence-electron chi connectivity index (χ2n) is 3.98. The topological polar surface area (TPSA) is 34.8 Å². The fraction of sp³-hybridized carbons (Fsp3) is 0.417. The van der Waals surface area contributed by atoms with Crippen LogP contribution in [0.25, 0.3) is 0 Å². The molecule has 2 heterocycles. The molecule has 0 aliphatic heterocycles. The highest BCUT2D eigenvalue weighted by Crippen LogP contribution is 2.04. The summed E-state index contributed by atoms with van der Waals surface area (Å²) < 4.78 is 4.15. The molecule has 0 saturated heterocycles. The number of nitrogens with one attached hydrogen (secondary N) is 1. The van der Waals surface area contributed by atoms with Crippen molar-refractivity contribution in [2.45, 2.75) is 19.5 Å². The Labute approximate surface area is 95.9 Å². The highest BCUT2D eigenvalue weighted by Gasteiger charge is 2.00.